The molecule has 0 saturated heterocycles. The van der Waals surface area contributed by atoms with E-state index in [0.717, 1.165) is 32.9 Å². The normalized spacial score (nSPS) is 11.2. The highest BCUT2D eigenvalue weighted by atomic mass is 79.9. The van der Waals surface area contributed by atoms with Crippen molar-refractivity contribution in [2.24, 2.45) is 0 Å². The molecule has 0 radical (unpaired) electrons. The summed E-state index contributed by atoms with van der Waals surface area (Å²) in [5.74, 6) is -3.55. The largest absolute Gasteiger partial charge is 0.436 e. The van der Waals surface area contributed by atoms with E-state index in [1.54, 1.807) is 6.07 Å². The second kappa shape index (κ2) is 9.84. The number of H-pyrrole nitrogens is 1. The molecule has 0 aliphatic rings. The quantitative estimate of drug-likeness (QED) is 0.207. The van der Waals surface area contributed by atoms with E-state index in [0.29, 0.717) is 11.9 Å². The van der Waals surface area contributed by atoms with Crippen molar-refractivity contribution >= 4 is 50.6 Å². The van der Waals surface area contributed by atoms with E-state index in [1.165, 1.54) is 17.4 Å². The monoisotopic (exact) mass is 569 g/mol. The fourth-order valence-corrected chi connectivity index (χ4v) is 4.07. The molecule has 3 heterocycles. The number of carbonyl (C=O) groups excluding carboxylic acids is 2. The van der Waals surface area contributed by atoms with Crippen molar-refractivity contribution in [3.8, 4) is 22.2 Å². The molecule has 0 aliphatic heterocycles. The van der Waals surface area contributed by atoms with Gasteiger partial charge in [-0.15, -0.1) is 11.3 Å². The molecule has 0 atom stereocenters. The predicted molar refractivity (Wildman–Crippen MR) is 123 cm³/mol. The number of amides is 2. The van der Waals surface area contributed by atoms with E-state index >= 15 is 0 Å². The molecule has 0 spiro atoms. The van der Waals surface area contributed by atoms with Crippen molar-refractivity contribution in [3.05, 3.63) is 69.9 Å². The van der Waals surface area contributed by atoms with Gasteiger partial charge in [0.15, 0.2) is 17.4 Å². The Kier molecular flexibility index (Phi) is 6.84. The zero-order valence-electron chi connectivity index (χ0n) is 17.1. The molecule has 0 unspecified atom stereocenters. The van der Waals surface area contributed by atoms with Crippen molar-refractivity contribution in [2.45, 2.75) is 6.18 Å². The number of aromatic amines is 1. The second-order valence-corrected chi connectivity index (χ2v) is 9.27. The molecule has 3 aromatic heterocycles. The fraction of sp³-hybridized carbons (Fsp3) is 0.0476. The van der Waals surface area contributed by atoms with Crippen LogP contribution in [0.5, 0.6) is 11.6 Å². The van der Waals surface area contributed by atoms with Crippen LogP contribution in [-0.4, -0.2) is 27.0 Å². The standard InChI is InChI=1S/C21H12BrF4N5O3S/c22-16-5-4-15(35-16)13-8-17(31-30-13)29-20(33)19(32)28-11-2-3-14(12(23)7-11)34-18-6-1-10(9-27-18)21(24,25)26/h1-9H,(H,28,32)(H2,29,30,31,33). The van der Waals surface area contributed by atoms with Crippen molar-refractivity contribution in [1.82, 2.24) is 15.2 Å². The van der Waals surface area contributed by atoms with Gasteiger partial charge < -0.3 is 15.4 Å². The summed E-state index contributed by atoms with van der Waals surface area (Å²) < 4.78 is 58.2. The van der Waals surface area contributed by atoms with Gasteiger partial charge in [-0.3, -0.25) is 14.7 Å². The molecule has 0 bridgehead atoms. The highest BCUT2D eigenvalue weighted by Crippen LogP contribution is 2.32. The summed E-state index contributed by atoms with van der Waals surface area (Å²) in [7, 11) is 0. The molecule has 8 nitrogen and oxygen atoms in total. The second-order valence-electron chi connectivity index (χ2n) is 6.81. The van der Waals surface area contributed by atoms with Crippen LogP contribution in [0.1, 0.15) is 5.56 Å². The number of halogens is 5. The highest BCUT2D eigenvalue weighted by molar-refractivity contribution is 9.11. The minimum atomic E-state index is -4.57. The molecular formula is C21H12BrF4N5O3S. The zero-order chi connectivity index (χ0) is 25.2. The van der Waals surface area contributed by atoms with Gasteiger partial charge in [0.1, 0.15) is 0 Å². The first-order valence-corrected chi connectivity index (χ1v) is 11.1. The van der Waals surface area contributed by atoms with Gasteiger partial charge in [0.25, 0.3) is 0 Å². The molecule has 180 valence electrons. The minimum absolute atomic E-state index is 0.0541. The van der Waals surface area contributed by atoms with Gasteiger partial charge in [0, 0.05) is 30.1 Å². The molecule has 3 N–H and O–H groups in total. The topological polar surface area (TPSA) is 109 Å². The summed E-state index contributed by atoms with van der Waals surface area (Å²) in [4.78, 5) is 28.7. The maximum absolute atomic E-state index is 14.4. The van der Waals surface area contributed by atoms with Crippen LogP contribution < -0.4 is 15.4 Å². The van der Waals surface area contributed by atoms with Crippen molar-refractivity contribution in [2.75, 3.05) is 10.6 Å². The number of hydrogen-bond acceptors (Lipinski definition) is 6. The van der Waals surface area contributed by atoms with Crippen LogP contribution in [0.2, 0.25) is 0 Å². The number of thiophene rings is 1. The van der Waals surface area contributed by atoms with E-state index in [1.807, 2.05) is 12.1 Å². The first-order valence-electron chi connectivity index (χ1n) is 9.52. The Morgan fingerprint density at radius 2 is 1.80 bits per heavy atom. The van der Waals surface area contributed by atoms with E-state index in [2.05, 4.69) is 41.7 Å². The van der Waals surface area contributed by atoms with Crippen molar-refractivity contribution in [3.63, 3.8) is 0 Å². The fourth-order valence-electron chi connectivity index (χ4n) is 2.71. The van der Waals surface area contributed by atoms with Crippen LogP contribution in [0.4, 0.5) is 29.1 Å². The average molecular weight is 570 g/mol. The Morgan fingerprint density at radius 3 is 2.43 bits per heavy atom. The molecule has 14 heteroatoms. The van der Waals surface area contributed by atoms with Gasteiger partial charge in [-0.2, -0.15) is 18.3 Å². The highest BCUT2D eigenvalue weighted by Gasteiger charge is 2.30. The van der Waals surface area contributed by atoms with Gasteiger partial charge in [0.2, 0.25) is 5.88 Å². The lowest BCUT2D eigenvalue weighted by atomic mass is 10.2. The lowest BCUT2D eigenvalue weighted by Gasteiger charge is -2.10. The Bertz CT molecular complexity index is 1390. The molecular weight excluding hydrogens is 558 g/mol. The first kappa shape index (κ1) is 24.3. The number of hydrogen-bond donors (Lipinski definition) is 3. The molecule has 0 fully saturated rings. The third kappa shape index (κ3) is 6.02. The zero-order valence-corrected chi connectivity index (χ0v) is 19.5. The Morgan fingerprint density at radius 1 is 1.03 bits per heavy atom. The Balaban J connectivity index is 1.36. The summed E-state index contributed by atoms with van der Waals surface area (Å²) in [6.45, 7) is 0. The minimum Gasteiger partial charge on any atom is -0.436 e. The number of nitrogens with one attached hydrogen (secondary N) is 3. The van der Waals surface area contributed by atoms with Crippen LogP contribution in [0.3, 0.4) is 0 Å². The lowest BCUT2D eigenvalue weighted by molar-refractivity contribution is -0.137. The van der Waals surface area contributed by atoms with Crippen LogP contribution in [-0.2, 0) is 15.8 Å². The summed E-state index contributed by atoms with van der Waals surface area (Å²) >= 11 is 4.79. The van der Waals surface area contributed by atoms with Gasteiger partial charge in [0.05, 0.1) is 19.9 Å². The number of pyridine rings is 1. The number of aromatic nitrogens is 3. The Labute approximate surface area is 206 Å². The van der Waals surface area contributed by atoms with Gasteiger partial charge in [-0.1, -0.05) is 0 Å². The predicted octanol–water partition coefficient (Wildman–Crippen LogP) is 5.82. The number of ether oxygens (including phenoxy) is 1. The maximum atomic E-state index is 14.4. The molecule has 0 saturated carbocycles. The van der Waals surface area contributed by atoms with Gasteiger partial charge >= 0.3 is 18.0 Å². The van der Waals surface area contributed by atoms with Crippen molar-refractivity contribution < 1.29 is 31.9 Å². The third-order valence-corrected chi connectivity index (χ3v) is 5.99. The van der Waals surface area contributed by atoms with E-state index in [4.69, 9.17) is 4.74 Å². The summed E-state index contributed by atoms with van der Waals surface area (Å²) in [6, 6.07) is 10.2. The smallest absolute Gasteiger partial charge is 0.417 e. The average Bonchev–Trinajstić information content (AvgIpc) is 3.44. The van der Waals surface area contributed by atoms with Gasteiger partial charge in [-0.05, 0) is 46.3 Å². The van der Waals surface area contributed by atoms with E-state index in [9.17, 15) is 27.2 Å². The van der Waals surface area contributed by atoms with Crippen LogP contribution >= 0.6 is 27.3 Å². The van der Waals surface area contributed by atoms with Crippen LogP contribution in [0.25, 0.3) is 10.6 Å². The number of carbonyl (C=O) groups is 2. The van der Waals surface area contributed by atoms with E-state index < -0.39 is 29.4 Å². The van der Waals surface area contributed by atoms with E-state index in [-0.39, 0.29) is 23.1 Å². The number of anilines is 2. The molecule has 4 rings (SSSR count). The molecule has 2 amide bonds. The van der Waals surface area contributed by atoms with Crippen LogP contribution in [0.15, 0.2) is 58.5 Å². The first-order chi connectivity index (χ1) is 16.6. The summed E-state index contributed by atoms with van der Waals surface area (Å²) in [5, 5.41) is 11.2. The SMILES string of the molecule is O=C(Nc1ccc(Oc2ccc(C(F)(F)F)cn2)c(F)c1)C(=O)Nc1cc(-c2ccc(Br)s2)[nH]n1. The summed E-state index contributed by atoms with van der Waals surface area (Å²) in [5.41, 5.74) is -0.398. The third-order valence-electron chi connectivity index (χ3n) is 4.33. The number of benzene rings is 1. The maximum Gasteiger partial charge on any atom is 0.417 e. The molecule has 4 aromatic rings. The van der Waals surface area contributed by atoms with Gasteiger partial charge in [-0.25, -0.2) is 9.37 Å². The molecule has 0 aliphatic carbocycles. The molecule has 1 aromatic carbocycles. The number of rotatable bonds is 5. The lowest BCUT2D eigenvalue weighted by Crippen LogP contribution is -2.29. The number of alkyl halides is 3. The summed E-state index contributed by atoms with van der Waals surface area (Å²) in [6.07, 6.45) is -4.01. The van der Waals surface area contributed by atoms with Crippen molar-refractivity contribution in [1.29, 1.82) is 0 Å². The van der Waals surface area contributed by atoms with Crippen LogP contribution in [0, 0.1) is 5.82 Å². The molecule has 35 heavy (non-hydrogen) atoms. The number of nitrogens with zero attached hydrogens (tertiary/aromatic N) is 2. The Hall–Kier alpha value is -3.78.